The summed E-state index contributed by atoms with van der Waals surface area (Å²) in [6.45, 7) is 0.441. The van der Waals surface area contributed by atoms with Crippen molar-refractivity contribution < 1.29 is 4.39 Å². The first-order chi connectivity index (χ1) is 10.2. The highest BCUT2D eigenvalue weighted by molar-refractivity contribution is 7.17. The Balaban J connectivity index is 1.80. The number of aromatic nitrogens is 3. The van der Waals surface area contributed by atoms with Gasteiger partial charge in [-0.2, -0.15) is 0 Å². The van der Waals surface area contributed by atoms with E-state index >= 15 is 0 Å². The first-order valence-corrected chi connectivity index (χ1v) is 7.29. The molecule has 4 aromatic rings. The van der Waals surface area contributed by atoms with Crippen LogP contribution in [-0.2, 0) is 6.54 Å². The summed E-state index contributed by atoms with van der Waals surface area (Å²) in [6, 6.07) is 8.33. The zero-order chi connectivity index (χ0) is 14.4. The highest BCUT2D eigenvalue weighted by atomic mass is 32.1. The van der Waals surface area contributed by atoms with Crippen molar-refractivity contribution in [3.05, 3.63) is 63.9 Å². The summed E-state index contributed by atoms with van der Waals surface area (Å²) in [4.78, 5) is 19.2. The number of fused-ring (bicyclic) bond motifs is 2. The molecule has 0 atom stereocenters. The van der Waals surface area contributed by atoms with Crippen molar-refractivity contribution >= 4 is 32.5 Å². The van der Waals surface area contributed by atoms with E-state index < -0.39 is 0 Å². The Bertz CT molecular complexity index is 1010. The van der Waals surface area contributed by atoms with Gasteiger partial charge in [0.25, 0.3) is 5.56 Å². The van der Waals surface area contributed by atoms with Gasteiger partial charge in [0.05, 0.1) is 12.1 Å². The lowest BCUT2D eigenvalue weighted by Crippen LogP contribution is -2.12. The normalized spacial score (nSPS) is 11.5. The van der Waals surface area contributed by atoms with Crippen molar-refractivity contribution in [3.8, 4) is 0 Å². The van der Waals surface area contributed by atoms with Crippen molar-refractivity contribution in [2.75, 3.05) is 0 Å². The smallest absolute Gasteiger partial charge is 0.268 e. The Labute approximate surface area is 122 Å². The lowest BCUT2D eigenvalue weighted by atomic mass is 10.2. The van der Waals surface area contributed by atoms with Gasteiger partial charge < -0.3 is 9.55 Å². The molecule has 4 rings (SSSR count). The van der Waals surface area contributed by atoms with Crippen LogP contribution >= 0.6 is 11.3 Å². The molecule has 0 aliphatic rings. The van der Waals surface area contributed by atoms with Crippen LogP contribution in [0.2, 0.25) is 0 Å². The zero-order valence-corrected chi connectivity index (χ0v) is 11.7. The van der Waals surface area contributed by atoms with Crippen LogP contribution in [0.15, 0.2) is 46.7 Å². The summed E-state index contributed by atoms with van der Waals surface area (Å²) >= 11 is 1.38. The number of H-pyrrole nitrogens is 1. The number of hydrogen-bond acceptors (Lipinski definition) is 3. The lowest BCUT2D eigenvalue weighted by Gasteiger charge is -2.05. The maximum absolute atomic E-state index is 13.2. The number of rotatable bonds is 2. The minimum atomic E-state index is -0.258. The Morgan fingerprint density at radius 3 is 3.10 bits per heavy atom. The van der Waals surface area contributed by atoms with Gasteiger partial charge in [0.1, 0.15) is 16.3 Å². The Hall–Kier alpha value is -2.47. The quantitative estimate of drug-likeness (QED) is 0.618. The lowest BCUT2D eigenvalue weighted by molar-refractivity contribution is 0.629. The molecular weight excluding hydrogens is 289 g/mol. The van der Waals surface area contributed by atoms with Crippen LogP contribution in [0.1, 0.15) is 5.82 Å². The van der Waals surface area contributed by atoms with E-state index in [-0.39, 0.29) is 11.4 Å². The summed E-state index contributed by atoms with van der Waals surface area (Å²) in [5, 5.41) is 2.68. The second-order valence-corrected chi connectivity index (χ2v) is 5.71. The molecule has 0 unspecified atom stereocenters. The maximum Gasteiger partial charge on any atom is 0.268 e. The van der Waals surface area contributed by atoms with E-state index in [1.165, 1.54) is 23.5 Å². The Kier molecular flexibility index (Phi) is 2.65. The minimum absolute atomic E-state index is 0.118. The molecule has 0 bridgehead atoms. The number of benzene rings is 1. The number of hydrogen-bond donors (Lipinski definition) is 1. The van der Waals surface area contributed by atoms with Crippen molar-refractivity contribution in [2.24, 2.45) is 0 Å². The molecule has 3 heterocycles. The van der Waals surface area contributed by atoms with Gasteiger partial charge in [-0.05, 0) is 35.7 Å². The van der Waals surface area contributed by atoms with Gasteiger partial charge in [-0.15, -0.1) is 11.3 Å². The summed E-state index contributed by atoms with van der Waals surface area (Å²) in [7, 11) is 0. The van der Waals surface area contributed by atoms with E-state index in [0.717, 1.165) is 10.9 Å². The second-order valence-electron chi connectivity index (χ2n) is 4.79. The molecule has 1 N–H and O–H groups in total. The molecule has 0 saturated carbocycles. The minimum Gasteiger partial charge on any atom is -0.340 e. The number of nitrogens with one attached hydrogen (secondary N) is 1. The Morgan fingerprint density at radius 1 is 1.29 bits per heavy atom. The largest absolute Gasteiger partial charge is 0.340 e. The first-order valence-electron chi connectivity index (χ1n) is 6.41. The van der Waals surface area contributed by atoms with E-state index in [2.05, 4.69) is 9.97 Å². The average molecular weight is 299 g/mol. The number of nitrogens with zero attached hydrogens (tertiary/aromatic N) is 2. The molecule has 21 heavy (non-hydrogen) atoms. The number of aromatic amines is 1. The van der Waals surface area contributed by atoms with Crippen LogP contribution < -0.4 is 5.56 Å². The average Bonchev–Trinajstić information content (AvgIpc) is 3.06. The van der Waals surface area contributed by atoms with Crippen molar-refractivity contribution in [2.45, 2.75) is 6.54 Å². The van der Waals surface area contributed by atoms with Crippen LogP contribution in [0.5, 0.6) is 0 Å². The summed E-state index contributed by atoms with van der Waals surface area (Å²) in [6.07, 6.45) is 1.86. The van der Waals surface area contributed by atoms with Crippen LogP contribution in [0.25, 0.3) is 21.1 Å². The van der Waals surface area contributed by atoms with Crippen molar-refractivity contribution in [1.82, 2.24) is 14.5 Å². The van der Waals surface area contributed by atoms with Crippen LogP contribution in [0.3, 0.4) is 0 Å². The van der Waals surface area contributed by atoms with E-state index in [4.69, 9.17) is 0 Å². The van der Waals surface area contributed by atoms with Gasteiger partial charge in [-0.1, -0.05) is 0 Å². The van der Waals surface area contributed by atoms with Gasteiger partial charge in [0, 0.05) is 17.1 Å². The molecule has 104 valence electrons. The SMILES string of the molecule is O=c1[nH]c(Cn2ccc3cc(F)ccc32)nc2ccsc12. The molecule has 4 nitrogen and oxygen atoms in total. The third-order valence-electron chi connectivity index (χ3n) is 3.42. The first kappa shape index (κ1) is 12.3. The van der Waals surface area contributed by atoms with E-state index in [0.29, 0.717) is 22.6 Å². The van der Waals surface area contributed by atoms with Crippen molar-refractivity contribution in [3.63, 3.8) is 0 Å². The fraction of sp³-hybridized carbons (Fsp3) is 0.0667. The molecule has 0 aliphatic heterocycles. The van der Waals surface area contributed by atoms with Gasteiger partial charge in [-0.25, -0.2) is 9.37 Å². The van der Waals surface area contributed by atoms with Gasteiger partial charge in [0.15, 0.2) is 0 Å². The topological polar surface area (TPSA) is 50.7 Å². The van der Waals surface area contributed by atoms with Gasteiger partial charge in [-0.3, -0.25) is 4.79 Å². The predicted molar refractivity (Wildman–Crippen MR) is 81.2 cm³/mol. The predicted octanol–water partition coefficient (Wildman–Crippen LogP) is 3.13. The van der Waals surface area contributed by atoms with Crippen molar-refractivity contribution in [1.29, 1.82) is 0 Å². The third-order valence-corrected chi connectivity index (χ3v) is 4.32. The monoisotopic (exact) mass is 299 g/mol. The number of halogens is 1. The van der Waals surface area contributed by atoms with Gasteiger partial charge in [0.2, 0.25) is 0 Å². The van der Waals surface area contributed by atoms with Gasteiger partial charge >= 0.3 is 0 Å². The maximum atomic E-state index is 13.2. The molecule has 1 aromatic carbocycles. The van der Waals surface area contributed by atoms with Crippen LogP contribution in [0, 0.1) is 5.82 Å². The van der Waals surface area contributed by atoms with Crippen LogP contribution in [-0.4, -0.2) is 14.5 Å². The molecule has 0 spiro atoms. The highest BCUT2D eigenvalue weighted by Gasteiger charge is 2.07. The highest BCUT2D eigenvalue weighted by Crippen LogP contribution is 2.18. The standard InChI is InChI=1S/C15H10FN3OS/c16-10-1-2-12-9(7-10)3-5-19(12)8-13-17-11-4-6-21-14(11)15(20)18-13/h1-7H,8H2,(H,17,18,20). The Morgan fingerprint density at radius 2 is 2.19 bits per heavy atom. The van der Waals surface area contributed by atoms with E-state index in [9.17, 15) is 9.18 Å². The van der Waals surface area contributed by atoms with Crippen LogP contribution in [0.4, 0.5) is 4.39 Å². The fourth-order valence-corrected chi connectivity index (χ4v) is 3.19. The molecule has 0 fully saturated rings. The summed E-state index contributed by atoms with van der Waals surface area (Å²) in [5.41, 5.74) is 1.50. The molecule has 0 saturated heterocycles. The van der Waals surface area contributed by atoms with E-state index in [1.807, 2.05) is 28.3 Å². The zero-order valence-electron chi connectivity index (χ0n) is 10.8. The molecule has 3 aromatic heterocycles. The third kappa shape index (κ3) is 2.04. The molecular formula is C15H10FN3OS. The van der Waals surface area contributed by atoms with E-state index in [1.54, 1.807) is 6.07 Å². The number of thiophene rings is 1. The molecule has 0 radical (unpaired) electrons. The summed E-state index contributed by atoms with van der Waals surface area (Å²) in [5.74, 6) is 0.333. The molecule has 0 amide bonds. The fourth-order valence-electron chi connectivity index (χ4n) is 2.47. The molecule has 0 aliphatic carbocycles. The second kappa shape index (κ2) is 4.53. The summed E-state index contributed by atoms with van der Waals surface area (Å²) < 4.78 is 15.8. The molecule has 6 heteroatoms.